The molecule has 0 saturated heterocycles. The minimum atomic E-state index is 0.659. The summed E-state index contributed by atoms with van der Waals surface area (Å²) in [6.45, 7) is 5.21. The van der Waals surface area contributed by atoms with Gasteiger partial charge in [0.2, 0.25) is 5.88 Å². The average Bonchev–Trinajstić information content (AvgIpc) is 2.49. The topological polar surface area (TPSA) is 22.1 Å². The molecule has 70 valence electrons. The molecule has 0 unspecified atom stereocenters. The summed E-state index contributed by atoms with van der Waals surface area (Å²) in [5.41, 5.74) is 2.41. The molecule has 2 heterocycles. The van der Waals surface area contributed by atoms with E-state index >= 15 is 0 Å². The molecular formula is C11H15NO. The van der Waals surface area contributed by atoms with E-state index in [4.69, 9.17) is 4.74 Å². The molecule has 13 heavy (non-hydrogen) atoms. The lowest BCUT2D eigenvalue weighted by Gasteiger charge is -2.05. The maximum atomic E-state index is 5.41. The molecule has 1 aromatic rings. The number of nitrogens with zero attached hydrogens (tertiary/aromatic N) is 1. The Kier molecular flexibility index (Phi) is 2.21. The van der Waals surface area contributed by atoms with Gasteiger partial charge in [-0.25, -0.2) is 4.98 Å². The Bertz CT molecular complexity index is 307. The summed E-state index contributed by atoms with van der Waals surface area (Å²) < 4.78 is 5.41. The molecule has 0 atom stereocenters. The van der Waals surface area contributed by atoms with E-state index < -0.39 is 0 Å². The quantitative estimate of drug-likeness (QED) is 0.691. The molecule has 0 saturated carbocycles. The third-order valence-corrected chi connectivity index (χ3v) is 2.22. The van der Waals surface area contributed by atoms with Gasteiger partial charge in [0, 0.05) is 17.7 Å². The van der Waals surface area contributed by atoms with E-state index in [1.807, 2.05) is 0 Å². The van der Waals surface area contributed by atoms with Gasteiger partial charge in [0.15, 0.2) is 0 Å². The van der Waals surface area contributed by atoms with Crippen LogP contribution in [0.3, 0.4) is 0 Å². The number of hydrogen-bond donors (Lipinski definition) is 0. The molecule has 0 bridgehead atoms. The highest BCUT2D eigenvalue weighted by Crippen LogP contribution is 2.23. The summed E-state index contributed by atoms with van der Waals surface area (Å²) in [6, 6.07) is 4.26. The number of pyridine rings is 1. The molecule has 1 aliphatic heterocycles. The zero-order valence-electron chi connectivity index (χ0n) is 8.21. The first kappa shape index (κ1) is 8.54. The lowest BCUT2D eigenvalue weighted by atomic mass is 10.1. The van der Waals surface area contributed by atoms with Crippen molar-refractivity contribution in [3.8, 4) is 5.88 Å². The van der Waals surface area contributed by atoms with Gasteiger partial charge >= 0.3 is 0 Å². The first-order valence-corrected chi connectivity index (χ1v) is 4.87. The van der Waals surface area contributed by atoms with Crippen molar-refractivity contribution in [2.24, 2.45) is 5.92 Å². The summed E-state index contributed by atoms with van der Waals surface area (Å²) in [5, 5.41) is 0. The van der Waals surface area contributed by atoms with Crippen LogP contribution in [-0.2, 0) is 12.8 Å². The highest BCUT2D eigenvalue weighted by molar-refractivity contribution is 5.31. The van der Waals surface area contributed by atoms with Crippen LogP contribution >= 0.6 is 0 Å². The first-order chi connectivity index (χ1) is 6.25. The average molecular weight is 177 g/mol. The molecule has 2 rings (SSSR count). The van der Waals surface area contributed by atoms with Crippen LogP contribution in [0.2, 0.25) is 0 Å². The van der Waals surface area contributed by atoms with Gasteiger partial charge in [-0.3, -0.25) is 0 Å². The largest absolute Gasteiger partial charge is 0.477 e. The summed E-state index contributed by atoms with van der Waals surface area (Å²) in [4.78, 5) is 4.47. The van der Waals surface area contributed by atoms with Crippen molar-refractivity contribution >= 4 is 0 Å². The molecule has 1 aromatic heterocycles. The normalized spacial score (nSPS) is 14.4. The predicted molar refractivity (Wildman–Crippen MR) is 52.0 cm³/mol. The highest BCUT2D eigenvalue weighted by atomic mass is 16.5. The summed E-state index contributed by atoms with van der Waals surface area (Å²) in [7, 11) is 0. The lowest BCUT2D eigenvalue weighted by molar-refractivity contribution is 0.343. The fourth-order valence-corrected chi connectivity index (χ4v) is 1.61. The van der Waals surface area contributed by atoms with E-state index in [0.29, 0.717) is 5.92 Å². The van der Waals surface area contributed by atoms with E-state index in [9.17, 15) is 0 Å². The summed E-state index contributed by atoms with van der Waals surface area (Å²) in [5.74, 6) is 1.52. The van der Waals surface area contributed by atoms with Crippen molar-refractivity contribution in [2.45, 2.75) is 26.7 Å². The first-order valence-electron chi connectivity index (χ1n) is 4.87. The number of hydrogen-bond acceptors (Lipinski definition) is 2. The molecule has 0 N–H and O–H groups in total. The van der Waals surface area contributed by atoms with Crippen molar-refractivity contribution in [1.29, 1.82) is 0 Å². The molecule has 0 fully saturated rings. The van der Waals surface area contributed by atoms with Gasteiger partial charge < -0.3 is 4.74 Å². The number of aromatic nitrogens is 1. The monoisotopic (exact) mass is 177 g/mol. The minimum Gasteiger partial charge on any atom is -0.477 e. The van der Waals surface area contributed by atoms with E-state index in [1.54, 1.807) is 0 Å². The molecule has 0 spiro atoms. The second-order valence-electron chi connectivity index (χ2n) is 3.96. The minimum absolute atomic E-state index is 0.659. The molecule has 0 aliphatic carbocycles. The Morgan fingerprint density at radius 2 is 2.31 bits per heavy atom. The summed E-state index contributed by atoms with van der Waals surface area (Å²) in [6.07, 6.45) is 2.06. The lowest BCUT2D eigenvalue weighted by Crippen LogP contribution is -1.98. The van der Waals surface area contributed by atoms with Crippen LogP contribution in [0.4, 0.5) is 0 Å². The van der Waals surface area contributed by atoms with Crippen LogP contribution in [0.1, 0.15) is 25.1 Å². The third-order valence-electron chi connectivity index (χ3n) is 2.22. The molecular weight excluding hydrogens is 162 g/mol. The highest BCUT2D eigenvalue weighted by Gasteiger charge is 2.13. The Morgan fingerprint density at radius 3 is 3.08 bits per heavy atom. The van der Waals surface area contributed by atoms with Crippen molar-refractivity contribution in [2.75, 3.05) is 6.61 Å². The zero-order chi connectivity index (χ0) is 9.26. The maximum Gasteiger partial charge on any atom is 0.216 e. The number of ether oxygens (including phenoxy) is 1. The standard InChI is InChI=1S/C11H15NO/c1-8(2)7-10-4-3-9-5-6-13-11(9)12-10/h3-4,8H,5-7H2,1-2H3. The second-order valence-corrected chi connectivity index (χ2v) is 3.96. The molecule has 0 aromatic carbocycles. The second kappa shape index (κ2) is 3.36. The molecule has 2 heteroatoms. The van der Waals surface area contributed by atoms with Gasteiger partial charge in [0.25, 0.3) is 0 Å². The Hall–Kier alpha value is -1.05. The van der Waals surface area contributed by atoms with E-state index in [1.165, 1.54) is 5.56 Å². The van der Waals surface area contributed by atoms with Crippen molar-refractivity contribution in [1.82, 2.24) is 4.98 Å². The van der Waals surface area contributed by atoms with Crippen LogP contribution < -0.4 is 4.74 Å². The van der Waals surface area contributed by atoms with Gasteiger partial charge in [0.1, 0.15) is 0 Å². The van der Waals surface area contributed by atoms with Gasteiger partial charge in [-0.05, 0) is 18.4 Å². The third kappa shape index (κ3) is 1.82. The van der Waals surface area contributed by atoms with E-state index in [2.05, 4.69) is 31.0 Å². The fraction of sp³-hybridized carbons (Fsp3) is 0.545. The van der Waals surface area contributed by atoms with Crippen LogP contribution in [0.25, 0.3) is 0 Å². The molecule has 0 amide bonds. The SMILES string of the molecule is CC(C)Cc1ccc2c(n1)OCC2. The van der Waals surface area contributed by atoms with Gasteiger partial charge in [-0.1, -0.05) is 19.9 Å². The zero-order valence-corrected chi connectivity index (χ0v) is 8.21. The maximum absolute atomic E-state index is 5.41. The molecule has 0 radical (unpaired) electrons. The van der Waals surface area contributed by atoms with Crippen LogP contribution in [0.15, 0.2) is 12.1 Å². The Morgan fingerprint density at radius 1 is 1.46 bits per heavy atom. The fourth-order valence-electron chi connectivity index (χ4n) is 1.61. The number of rotatable bonds is 2. The van der Waals surface area contributed by atoms with Gasteiger partial charge in [-0.2, -0.15) is 0 Å². The van der Waals surface area contributed by atoms with Crippen LogP contribution in [0, 0.1) is 5.92 Å². The van der Waals surface area contributed by atoms with Crippen LogP contribution in [0.5, 0.6) is 5.88 Å². The van der Waals surface area contributed by atoms with E-state index in [-0.39, 0.29) is 0 Å². The number of fused-ring (bicyclic) bond motifs is 1. The van der Waals surface area contributed by atoms with Crippen molar-refractivity contribution < 1.29 is 4.74 Å². The van der Waals surface area contributed by atoms with Gasteiger partial charge in [0.05, 0.1) is 6.61 Å². The Balaban J connectivity index is 2.21. The molecule has 2 nitrogen and oxygen atoms in total. The molecule has 1 aliphatic rings. The van der Waals surface area contributed by atoms with Gasteiger partial charge in [-0.15, -0.1) is 0 Å². The van der Waals surface area contributed by atoms with Crippen molar-refractivity contribution in [3.05, 3.63) is 23.4 Å². The summed E-state index contributed by atoms with van der Waals surface area (Å²) >= 11 is 0. The smallest absolute Gasteiger partial charge is 0.216 e. The predicted octanol–water partition coefficient (Wildman–Crippen LogP) is 2.21. The van der Waals surface area contributed by atoms with E-state index in [0.717, 1.165) is 31.0 Å². The van der Waals surface area contributed by atoms with Crippen molar-refractivity contribution in [3.63, 3.8) is 0 Å². The Labute approximate surface area is 78.9 Å². The van der Waals surface area contributed by atoms with Crippen LogP contribution in [-0.4, -0.2) is 11.6 Å².